The van der Waals surface area contributed by atoms with Crippen LogP contribution >= 0.6 is 0 Å². The van der Waals surface area contributed by atoms with Gasteiger partial charge in [-0.05, 0) is 36.0 Å². The molecular formula is C26H47N. The van der Waals surface area contributed by atoms with E-state index in [0.717, 1.165) is 0 Å². The minimum absolute atomic E-state index is 0.238. The van der Waals surface area contributed by atoms with E-state index in [1.807, 2.05) is 0 Å². The minimum atomic E-state index is 0.238. The molecule has 1 rings (SSSR count). The van der Waals surface area contributed by atoms with Crippen LogP contribution in [0.25, 0.3) is 0 Å². The Morgan fingerprint density at radius 2 is 1.00 bits per heavy atom. The lowest BCUT2D eigenvalue weighted by Crippen LogP contribution is -2.26. The zero-order chi connectivity index (χ0) is 20.0. The maximum Gasteiger partial charge on any atom is 0.0366 e. The third kappa shape index (κ3) is 10.8. The molecule has 0 aliphatic rings. The number of anilines is 1. The van der Waals surface area contributed by atoms with Gasteiger partial charge in [-0.1, -0.05) is 111 Å². The summed E-state index contributed by atoms with van der Waals surface area (Å²) in [6, 6.07) is 9.39. The number of unbranched alkanes of at least 4 members (excludes halogenated alkanes) is 10. The van der Waals surface area contributed by atoms with Gasteiger partial charge in [0.2, 0.25) is 0 Å². The summed E-state index contributed by atoms with van der Waals surface area (Å²) in [6.45, 7) is 13.9. The maximum absolute atomic E-state index is 2.64. The van der Waals surface area contributed by atoms with Crippen LogP contribution in [0.4, 0.5) is 5.69 Å². The van der Waals surface area contributed by atoms with Crippen LogP contribution in [0.2, 0.25) is 0 Å². The molecule has 0 fully saturated rings. The number of nitrogens with zero attached hydrogens (tertiary/aromatic N) is 1. The fraction of sp³-hybridized carbons (Fsp3) is 0.769. The molecule has 0 aliphatic carbocycles. The van der Waals surface area contributed by atoms with Crippen LogP contribution < -0.4 is 4.90 Å². The van der Waals surface area contributed by atoms with Crippen molar-refractivity contribution in [3.63, 3.8) is 0 Å². The number of hydrogen-bond donors (Lipinski definition) is 0. The average molecular weight is 374 g/mol. The molecule has 0 spiro atoms. The lowest BCUT2D eigenvalue weighted by atomic mass is 9.87. The highest BCUT2D eigenvalue weighted by Gasteiger charge is 2.14. The Bertz CT molecular complexity index is 438. The molecule has 1 heteroatoms. The Labute approximate surface area is 170 Å². The maximum atomic E-state index is 2.64. The first kappa shape index (κ1) is 24.1. The van der Waals surface area contributed by atoms with Gasteiger partial charge in [-0.15, -0.1) is 0 Å². The first-order valence-corrected chi connectivity index (χ1v) is 11.8. The minimum Gasteiger partial charge on any atom is -0.372 e. The standard InChI is InChI=1S/C26H47N/c1-6-8-10-12-14-16-22-27(23-17-15-13-11-9-7-2)25-20-18-24(19-21-25)26(3,4)5/h18-21H,6-17,22-23H2,1-5H3. The summed E-state index contributed by atoms with van der Waals surface area (Å²) in [5, 5.41) is 0. The molecule has 27 heavy (non-hydrogen) atoms. The Kier molecular flexibility index (Phi) is 12.5. The second-order valence-electron chi connectivity index (χ2n) is 9.32. The molecule has 0 aromatic heterocycles. The topological polar surface area (TPSA) is 3.24 Å². The molecule has 0 radical (unpaired) electrons. The van der Waals surface area contributed by atoms with Gasteiger partial charge in [-0.25, -0.2) is 0 Å². The molecule has 0 saturated heterocycles. The summed E-state index contributed by atoms with van der Waals surface area (Å²) >= 11 is 0. The van der Waals surface area contributed by atoms with Crippen LogP contribution in [-0.4, -0.2) is 13.1 Å². The average Bonchev–Trinajstić information content (AvgIpc) is 2.65. The first-order valence-electron chi connectivity index (χ1n) is 11.8. The molecule has 1 nitrogen and oxygen atoms in total. The van der Waals surface area contributed by atoms with Gasteiger partial charge < -0.3 is 4.90 Å². The van der Waals surface area contributed by atoms with Gasteiger partial charge in [-0.3, -0.25) is 0 Å². The third-order valence-corrected chi connectivity index (χ3v) is 5.66. The smallest absolute Gasteiger partial charge is 0.0366 e. The van der Waals surface area contributed by atoms with Gasteiger partial charge in [0, 0.05) is 18.8 Å². The summed E-state index contributed by atoms with van der Waals surface area (Å²) in [5.74, 6) is 0. The molecule has 0 atom stereocenters. The van der Waals surface area contributed by atoms with Crippen molar-refractivity contribution in [1.29, 1.82) is 0 Å². The number of benzene rings is 1. The molecule has 0 unspecified atom stereocenters. The Balaban J connectivity index is 2.53. The van der Waals surface area contributed by atoms with Crippen molar-refractivity contribution in [2.75, 3.05) is 18.0 Å². The molecule has 1 aromatic rings. The van der Waals surface area contributed by atoms with E-state index in [9.17, 15) is 0 Å². The van der Waals surface area contributed by atoms with E-state index < -0.39 is 0 Å². The quantitative estimate of drug-likeness (QED) is 0.278. The van der Waals surface area contributed by atoms with Gasteiger partial charge in [-0.2, -0.15) is 0 Å². The molecule has 0 aliphatic heterocycles. The van der Waals surface area contributed by atoms with E-state index in [2.05, 4.69) is 63.8 Å². The van der Waals surface area contributed by atoms with Crippen molar-refractivity contribution < 1.29 is 0 Å². The van der Waals surface area contributed by atoms with Gasteiger partial charge in [0.15, 0.2) is 0 Å². The first-order chi connectivity index (χ1) is 13.0. The van der Waals surface area contributed by atoms with Gasteiger partial charge in [0.1, 0.15) is 0 Å². The predicted molar refractivity (Wildman–Crippen MR) is 124 cm³/mol. The second kappa shape index (κ2) is 14.1. The van der Waals surface area contributed by atoms with E-state index in [1.165, 1.54) is 101 Å². The SMILES string of the molecule is CCCCCCCCN(CCCCCCCC)c1ccc(C(C)(C)C)cc1. The van der Waals surface area contributed by atoms with Crippen LogP contribution in [0, 0.1) is 0 Å². The van der Waals surface area contributed by atoms with E-state index in [-0.39, 0.29) is 5.41 Å². The van der Waals surface area contributed by atoms with E-state index >= 15 is 0 Å². The zero-order valence-electron chi connectivity index (χ0n) is 19.2. The van der Waals surface area contributed by atoms with Crippen molar-refractivity contribution >= 4 is 5.69 Å². The highest BCUT2D eigenvalue weighted by molar-refractivity contribution is 5.48. The fourth-order valence-corrected chi connectivity index (χ4v) is 3.71. The monoisotopic (exact) mass is 373 g/mol. The highest BCUT2D eigenvalue weighted by atomic mass is 15.1. The lowest BCUT2D eigenvalue weighted by molar-refractivity contribution is 0.574. The Morgan fingerprint density at radius 1 is 0.593 bits per heavy atom. The van der Waals surface area contributed by atoms with Crippen LogP contribution in [0.5, 0.6) is 0 Å². The summed E-state index contributed by atoms with van der Waals surface area (Å²) in [6.07, 6.45) is 16.5. The summed E-state index contributed by atoms with van der Waals surface area (Å²) in [7, 11) is 0. The Morgan fingerprint density at radius 3 is 1.41 bits per heavy atom. The molecule has 1 aromatic carbocycles. The zero-order valence-corrected chi connectivity index (χ0v) is 19.2. The van der Waals surface area contributed by atoms with E-state index in [4.69, 9.17) is 0 Å². The van der Waals surface area contributed by atoms with Crippen molar-refractivity contribution in [2.45, 2.75) is 117 Å². The summed E-state index contributed by atoms with van der Waals surface area (Å²) in [5.41, 5.74) is 3.09. The van der Waals surface area contributed by atoms with E-state index in [1.54, 1.807) is 0 Å². The number of rotatable bonds is 15. The molecule has 0 saturated carbocycles. The third-order valence-electron chi connectivity index (χ3n) is 5.66. The summed E-state index contributed by atoms with van der Waals surface area (Å²) in [4.78, 5) is 2.64. The largest absolute Gasteiger partial charge is 0.372 e. The summed E-state index contributed by atoms with van der Waals surface area (Å²) < 4.78 is 0. The van der Waals surface area contributed by atoms with Crippen molar-refractivity contribution in [3.8, 4) is 0 Å². The van der Waals surface area contributed by atoms with Crippen LogP contribution in [-0.2, 0) is 5.41 Å². The van der Waals surface area contributed by atoms with Gasteiger partial charge >= 0.3 is 0 Å². The second-order valence-corrected chi connectivity index (χ2v) is 9.32. The lowest BCUT2D eigenvalue weighted by Gasteiger charge is -2.26. The molecule has 156 valence electrons. The predicted octanol–water partition coefficient (Wildman–Crippen LogP) is 8.51. The molecule has 0 amide bonds. The van der Waals surface area contributed by atoms with E-state index in [0.29, 0.717) is 0 Å². The van der Waals surface area contributed by atoms with Crippen LogP contribution in [0.3, 0.4) is 0 Å². The van der Waals surface area contributed by atoms with Crippen molar-refractivity contribution in [2.24, 2.45) is 0 Å². The van der Waals surface area contributed by atoms with Crippen molar-refractivity contribution in [1.82, 2.24) is 0 Å². The van der Waals surface area contributed by atoms with Gasteiger partial charge in [0.25, 0.3) is 0 Å². The van der Waals surface area contributed by atoms with Crippen LogP contribution in [0.15, 0.2) is 24.3 Å². The van der Waals surface area contributed by atoms with Gasteiger partial charge in [0.05, 0.1) is 0 Å². The van der Waals surface area contributed by atoms with Crippen molar-refractivity contribution in [3.05, 3.63) is 29.8 Å². The molecular weight excluding hydrogens is 326 g/mol. The Hall–Kier alpha value is -0.980. The number of hydrogen-bond acceptors (Lipinski definition) is 1. The fourth-order valence-electron chi connectivity index (χ4n) is 3.71. The molecule has 0 heterocycles. The molecule has 0 bridgehead atoms. The highest BCUT2D eigenvalue weighted by Crippen LogP contribution is 2.25. The molecule has 0 N–H and O–H groups in total. The van der Waals surface area contributed by atoms with Crippen LogP contribution in [0.1, 0.15) is 117 Å². The normalized spacial score (nSPS) is 11.7.